The predicted octanol–water partition coefficient (Wildman–Crippen LogP) is 4.21. The standard InChI is InChI=1S/C25H27FN3O3P/c1-4-19-20(7-9-22(33-3)23(19)26)24(30)29-10-11-32-21-8-6-16(12-17(21)15-29)18-13-27-25(28-14-18)31-5-2/h6-9,12-14,33H,4-5,10-11,15H2,1-3H3. The Labute approximate surface area is 194 Å². The molecule has 2 heterocycles. The van der Waals surface area contributed by atoms with Gasteiger partial charge in [-0.05, 0) is 43.8 Å². The molecule has 1 unspecified atom stereocenters. The molecule has 8 heteroatoms. The summed E-state index contributed by atoms with van der Waals surface area (Å²) in [6.45, 7) is 7.39. The summed E-state index contributed by atoms with van der Waals surface area (Å²) >= 11 is 0. The summed E-state index contributed by atoms with van der Waals surface area (Å²) in [6.07, 6.45) is 3.90. The molecule has 0 N–H and O–H groups in total. The molecule has 0 bridgehead atoms. The van der Waals surface area contributed by atoms with Crippen molar-refractivity contribution in [1.29, 1.82) is 0 Å². The maximum absolute atomic E-state index is 14.9. The van der Waals surface area contributed by atoms with E-state index >= 15 is 0 Å². The lowest BCUT2D eigenvalue weighted by molar-refractivity contribution is 0.0731. The lowest BCUT2D eigenvalue weighted by Crippen LogP contribution is -2.33. The largest absolute Gasteiger partial charge is 0.491 e. The number of amides is 1. The first-order valence-corrected chi connectivity index (χ1v) is 12.5. The van der Waals surface area contributed by atoms with E-state index in [0.29, 0.717) is 63.7 Å². The van der Waals surface area contributed by atoms with Gasteiger partial charge in [0.25, 0.3) is 5.91 Å². The van der Waals surface area contributed by atoms with Crippen LogP contribution in [0.4, 0.5) is 4.39 Å². The van der Waals surface area contributed by atoms with Crippen molar-refractivity contribution in [3.8, 4) is 22.9 Å². The number of nitrogens with zero attached hydrogens (tertiary/aromatic N) is 3. The van der Waals surface area contributed by atoms with Crippen molar-refractivity contribution in [2.45, 2.75) is 26.8 Å². The van der Waals surface area contributed by atoms with Gasteiger partial charge in [-0.1, -0.05) is 27.6 Å². The summed E-state index contributed by atoms with van der Waals surface area (Å²) in [7, 11) is 0.345. The molecule has 6 nitrogen and oxygen atoms in total. The van der Waals surface area contributed by atoms with Crippen LogP contribution in [-0.2, 0) is 13.0 Å². The Morgan fingerprint density at radius 3 is 2.67 bits per heavy atom. The van der Waals surface area contributed by atoms with Crippen LogP contribution in [0.25, 0.3) is 11.1 Å². The molecule has 33 heavy (non-hydrogen) atoms. The lowest BCUT2D eigenvalue weighted by Gasteiger charge is -2.22. The fraction of sp³-hybridized carbons (Fsp3) is 0.320. The third-order valence-corrected chi connectivity index (χ3v) is 6.58. The van der Waals surface area contributed by atoms with Crippen molar-refractivity contribution in [3.05, 3.63) is 65.2 Å². The zero-order chi connectivity index (χ0) is 23.4. The topological polar surface area (TPSA) is 64.5 Å². The number of benzene rings is 2. The van der Waals surface area contributed by atoms with Crippen LogP contribution in [0.5, 0.6) is 11.8 Å². The highest BCUT2D eigenvalue weighted by Gasteiger charge is 2.25. The first-order chi connectivity index (χ1) is 16.0. The van der Waals surface area contributed by atoms with Gasteiger partial charge in [-0.3, -0.25) is 4.79 Å². The summed E-state index contributed by atoms with van der Waals surface area (Å²) in [5, 5.41) is 0.662. The van der Waals surface area contributed by atoms with Gasteiger partial charge in [-0.25, -0.2) is 14.4 Å². The molecule has 0 spiro atoms. The van der Waals surface area contributed by atoms with Crippen molar-refractivity contribution in [1.82, 2.24) is 14.9 Å². The molecule has 0 aliphatic carbocycles. The Morgan fingerprint density at radius 2 is 1.97 bits per heavy atom. The molecule has 4 rings (SSSR count). The second kappa shape index (κ2) is 10.3. The highest BCUT2D eigenvalue weighted by atomic mass is 31.1. The number of halogens is 1. The third kappa shape index (κ3) is 4.83. The zero-order valence-corrected chi connectivity index (χ0v) is 20.0. The molecule has 1 amide bonds. The number of fused-ring (bicyclic) bond motifs is 1. The summed E-state index contributed by atoms with van der Waals surface area (Å²) in [5.41, 5.74) is 3.56. The van der Waals surface area contributed by atoms with Gasteiger partial charge in [0.05, 0.1) is 13.2 Å². The summed E-state index contributed by atoms with van der Waals surface area (Å²) in [6, 6.07) is 9.67. The summed E-state index contributed by atoms with van der Waals surface area (Å²) < 4.78 is 26.1. The van der Waals surface area contributed by atoms with E-state index in [0.717, 1.165) is 22.4 Å². The summed E-state index contributed by atoms with van der Waals surface area (Å²) in [4.78, 5) is 23.6. The van der Waals surface area contributed by atoms with Crippen molar-refractivity contribution in [2.24, 2.45) is 0 Å². The maximum atomic E-state index is 14.9. The van der Waals surface area contributed by atoms with Gasteiger partial charge in [-0.15, -0.1) is 0 Å². The number of rotatable bonds is 6. The molecule has 0 saturated heterocycles. The van der Waals surface area contributed by atoms with E-state index in [9.17, 15) is 9.18 Å². The number of carbonyl (C=O) groups is 1. The molecule has 0 radical (unpaired) electrons. The van der Waals surface area contributed by atoms with E-state index < -0.39 is 0 Å². The fourth-order valence-electron chi connectivity index (χ4n) is 3.95. The van der Waals surface area contributed by atoms with E-state index in [1.54, 1.807) is 29.4 Å². The number of hydrogen-bond donors (Lipinski definition) is 0. The zero-order valence-electron chi connectivity index (χ0n) is 19.0. The quantitative estimate of drug-likeness (QED) is 0.508. The van der Waals surface area contributed by atoms with Crippen LogP contribution in [0.3, 0.4) is 0 Å². The Hall–Kier alpha value is -3.05. The normalized spacial score (nSPS) is 13.5. The van der Waals surface area contributed by atoms with Crippen molar-refractivity contribution in [3.63, 3.8) is 0 Å². The first-order valence-electron chi connectivity index (χ1n) is 11.0. The molecular weight excluding hydrogens is 440 g/mol. The van der Waals surface area contributed by atoms with Gasteiger partial charge >= 0.3 is 6.01 Å². The number of aromatic nitrogens is 2. The van der Waals surface area contributed by atoms with Gasteiger partial charge in [0.1, 0.15) is 18.2 Å². The highest BCUT2D eigenvalue weighted by Crippen LogP contribution is 2.30. The number of ether oxygens (including phenoxy) is 2. The minimum absolute atomic E-state index is 0.178. The van der Waals surface area contributed by atoms with E-state index in [1.165, 1.54) is 0 Å². The van der Waals surface area contributed by atoms with E-state index in [4.69, 9.17) is 9.47 Å². The van der Waals surface area contributed by atoms with Gasteiger partial charge < -0.3 is 14.4 Å². The Kier molecular flexibility index (Phi) is 7.19. The van der Waals surface area contributed by atoms with Crippen LogP contribution in [-0.4, -0.2) is 47.2 Å². The van der Waals surface area contributed by atoms with Gasteiger partial charge in [-0.2, -0.15) is 0 Å². The van der Waals surface area contributed by atoms with Crippen molar-refractivity contribution in [2.75, 3.05) is 26.4 Å². The average molecular weight is 467 g/mol. The molecule has 0 saturated carbocycles. The first kappa shape index (κ1) is 23.1. The number of carbonyl (C=O) groups excluding carboxylic acids is 1. The lowest BCUT2D eigenvalue weighted by atomic mass is 10.0. The minimum atomic E-state index is -0.256. The second-order valence-corrected chi connectivity index (χ2v) is 8.68. The molecule has 3 aromatic rings. The molecule has 1 atom stereocenters. The minimum Gasteiger partial charge on any atom is -0.491 e. The molecule has 1 aliphatic rings. The second-order valence-electron chi connectivity index (χ2n) is 7.64. The van der Waals surface area contributed by atoms with E-state index in [1.807, 2.05) is 38.7 Å². The number of hydrogen-bond acceptors (Lipinski definition) is 5. The van der Waals surface area contributed by atoms with E-state index in [2.05, 4.69) is 9.97 Å². The average Bonchev–Trinajstić information content (AvgIpc) is 3.06. The monoisotopic (exact) mass is 467 g/mol. The molecule has 0 fully saturated rings. The Morgan fingerprint density at radius 1 is 1.18 bits per heavy atom. The molecule has 2 aromatic carbocycles. The molecule has 1 aliphatic heterocycles. The van der Waals surface area contributed by atoms with Gasteiger partial charge in [0.15, 0.2) is 0 Å². The van der Waals surface area contributed by atoms with Crippen LogP contribution < -0.4 is 14.8 Å². The van der Waals surface area contributed by atoms with Gasteiger partial charge in [0, 0.05) is 46.5 Å². The summed E-state index contributed by atoms with van der Waals surface area (Å²) in [5.74, 6) is 0.307. The van der Waals surface area contributed by atoms with Crippen molar-refractivity contribution < 1.29 is 18.7 Å². The molecular formula is C25H27FN3O3P. The van der Waals surface area contributed by atoms with E-state index in [-0.39, 0.29) is 11.7 Å². The Balaban J connectivity index is 1.62. The van der Waals surface area contributed by atoms with Gasteiger partial charge in [0.2, 0.25) is 0 Å². The maximum Gasteiger partial charge on any atom is 0.316 e. The Bertz CT molecular complexity index is 1150. The smallest absolute Gasteiger partial charge is 0.316 e. The van der Waals surface area contributed by atoms with Crippen LogP contribution in [0.1, 0.15) is 35.3 Å². The van der Waals surface area contributed by atoms with Crippen LogP contribution in [0.2, 0.25) is 0 Å². The predicted molar refractivity (Wildman–Crippen MR) is 129 cm³/mol. The van der Waals surface area contributed by atoms with Crippen LogP contribution >= 0.6 is 8.58 Å². The third-order valence-electron chi connectivity index (χ3n) is 5.66. The van der Waals surface area contributed by atoms with Crippen LogP contribution in [0, 0.1) is 5.82 Å². The molecule has 172 valence electrons. The SMILES string of the molecule is CCOc1ncc(-c2ccc3c(c2)CN(C(=O)c2ccc(PC)c(F)c2CC)CCO3)cn1. The fourth-order valence-corrected chi connectivity index (χ4v) is 4.57. The molecule has 1 aromatic heterocycles. The van der Waals surface area contributed by atoms with Crippen LogP contribution in [0.15, 0.2) is 42.7 Å². The van der Waals surface area contributed by atoms with Crippen molar-refractivity contribution >= 4 is 19.8 Å². The highest BCUT2D eigenvalue weighted by molar-refractivity contribution is 7.46.